The van der Waals surface area contributed by atoms with Crippen molar-refractivity contribution >= 4 is 115 Å². The predicted octanol–water partition coefficient (Wildman–Crippen LogP) is 20.1. The van der Waals surface area contributed by atoms with Crippen LogP contribution in [-0.2, 0) is 38.2 Å². The first-order valence-corrected chi connectivity index (χ1v) is 45.8. The lowest BCUT2D eigenvalue weighted by molar-refractivity contribution is -0.131. The molecule has 2 atom stereocenters. The first-order chi connectivity index (χ1) is 58.6. The standard InChI is InChI=1S/C20H28N4O2.C20H28N4O.C19H26N4O2.C18H26N4O2.C17H24N4O/c1-13-9-10-16-18(21-13)24(14-6-4-7-14)19(22-16)23-17(25)12-15-8-5-11-20(2,3)26-15;1-14-9-10-16-18(21-14)24(15-7-6-8-15)19(22-16)23-17(25)13-20(2)11-4-3-5-12-20;1-13-9-10-16-18(20-13)23(14-5-4-6-14)19(21-16)22-17(24)11-12-25-15-7-2-3-8-15;1-12-8-9-14-16(19-12)22(13-6-5-7-13)17(20-14)21-15(23)10-11-24-18(2,3)4;1-4-11(2)10-15(22)20-17-19-14-9-8-12(3)18-16(14)21(17)13-6-5-7-13/h9-10,14-15H,4-8,11-12H2,1-3H3,(H,22,23,25);9-10,15H,3-8,11-13H2,1-2H3,(H,22,23,25);9-10,14-15H,2-8,11-12H2,1H3,(H,21,22,24);8-9,13H,5-7,10-11H2,1-4H3,(H,20,21,23);8-9,11,13H,4-7,10H2,1-3H3,(H,19,20,22)/t15-;;;;/m1..../s1. The highest BCUT2D eigenvalue weighted by molar-refractivity contribution is 5.95. The molecule has 0 bridgehead atoms. The normalized spacial score (nSPS) is 18.9. The molecule has 11 heterocycles. The zero-order chi connectivity index (χ0) is 86.0. The molecule has 0 radical (unpaired) electrons. The zero-order valence-corrected chi connectivity index (χ0v) is 74.6. The van der Waals surface area contributed by atoms with E-state index in [1.54, 1.807) is 0 Å². The fraction of sp³-hybridized carbons (Fsp3) is 0.628. The van der Waals surface area contributed by atoms with Crippen molar-refractivity contribution in [2.24, 2.45) is 11.3 Å². The number of rotatable bonds is 24. The topological polar surface area (TPSA) is 327 Å². The van der Waals surface area contributed by atoms with Gasteiger partial charge in [0.2, 0.25) is 59.3 Å². The fourth-order valence-corrected chi connectivity index (χ4v) is 17.6. The Kier molecular flexibility index (Phi) is 28.7. The Hall–Kier alpha value is -9.67. The number of pyridine rings is 5. The van der Waals surface area contributed by atoms with Crippen LogP contribution in [0, 0.1) is 46.0 Å². The summed E-state index contributed by atoms with van der Waals surface area (Å²) in [7, 11) is 0. The van der Waals surface area contributed by atoms with Gasteiger partial charge in [0.1, 0.15) is 27.6 Å². The average Bonchev–Trinajstić information content (AvgIpc) is 1.65. The summed E-state index contributed by atoms with van der Waals surface area (Å²) in [5, 5.41) is 15.1. The van der Waals surface area contributed by atoms with Crippen LogP contribution in [0.1, 0.15) is 326 Å². The van der Waals surface area contributed by atoms with E-state index in [2.05, 4.69) is 134 Å². The molecule has 7 saturated carbocycles. The number of amides is 5. The third kappa shape index (κ3) is 22.5. The van der Waals surface area contributed by atoms with Crippen LogP contribution in [0.3, 0.4) is 0 Å². The Morgan fingerprint density at radius 3 is 1.07 bits per heavy atom. The van der Waals surface area contributed by atoms with Gasteiger partial charge in [0.25, 0.3) is 0 Å². The minimum absolute atomic E-state index is 0.0133. The number of fused-ring (bicyclic) bond motifs is 5. The van der Waals surface area contributed by atoms with Crippen molar-refractivity contribution in [3.05, 3.63) is 89.1 Å². The van der Waals surface area contributed by atoms with Gasteiger partial charge in [-0.15, -0.1) is 0 Å². The first-order valence-electron chi connectivity index (χ1n) is 45.8. The summed E-state index contributed by atoms with van der Waals surface area (Å²) in [5.74, 6) is 3.59. The van der Waals surface area contributed by atoms with Crippen LogP contribution < -0.4 is 26.6 Å². The van der Waals surface area contributed by atoms with Crippen molar-refractivity contribution in [1.29, 1.82) is 0 Å². The number of aromatic nitrogens is 15. The van der Waals surface area contributed by atoms with Gasteiger partial charge >= 0.3 is 0 Å². The fourth-order valence-electron chi connectivity index (χ4n) is 17.6. The molecule has 8 fully saturated rings. The van der Waals surface area contributed by atoms with Crippen LogP contribution >= 0.6 is 0 Å². The highest BCUT2D eigenvalue weighted by Crippen LogP contribution is 2.44. The highest BCUT2D eigenvalue weighted by atomic mass is 16.5. The third-order valence-electron chi connectivity index (χ3n) is 25.8. The number of carbonyl (C=O) groups is 5. The molecule has 18 rings (SSSR count). The Labute approximate surface area is 718 Å². The third-order valence-corrected chi connectivity index (χ3v) is 25.8. The van der Waals surface area contributed by atoms with Crippen molar-refractivity contribution < 1.29 is 38.2 Å². The summed E-state index contributed by atoms with van der Waals surface area (Å²) in [6.07, 6.45) is 34.8. The molecule has 10 aromatic rings. The van der Waals surface area contributed by atoms with Crippen LogP contribution in [0.15, 0.2) is 60.7 Å². The summed E-state index contributed by atoms with van der Waals surface area (Å²) >= 11 is 0. The van der Waals surface area contributed by atoms with Gasteiger partial charge in [-0.1, -0.05) is 59.3 Å². The van der Waals surface area contributed by atoms with Gasteiger partial charge in [0.15, 0.2) is 28.2 Å². The molecular formula is C94H132N20O8. The molecule has 1 unspecified atom stereocenters. The lowest BCUT2D eigenvalue weighted by Gasteiger charge is -2.35. The summed E-state index contributed by atoms with van der Waals surface area (Å²) < 4.78 is 28.1. The molecule has 1 aliphatic heterocycles. The molecule has 28 nitrogen and oxygen atoms in total. The molecule has 656 valence electrons. The van der Waals surface area contributed by atoms with E-state index in [9.17, 15) is 24.0 Å². The van der Waals surface area contributed by atoms with Gasteiger partial charge in [0, 0.05) is 71.5 Å². The van der Waals surface area contributed by atoms with E-state index < -0.39 is 0 Å². The van der Waals surface area contributed by atoms with Crippen LogP contribution in [-0.4, -0.2) is 139 Å². The second kappa shape index (κ2) is 39.5. The lowest BCUT2D eigenvalue weighted by Crippen LogP contribution is -2.37. The number of carbonyl (C=O) groups excluding carboxylic acids is 5. The Balaban J connectivity index is 0.000000125. The molecule has 122 heavy (non-hydrogen) atoms. The number of nitrogens with zero attached hydrogens (tertiary/aromatic N) is 15. The molecule has 8 aliphatic rings. The van der Waals surface area contributed by atoms with Crippen LogP contribution in [0.4, 0.5) is 29.7 Å². The number of aryl methyl sites for hydroxylation is 5. The van der Waals surface area contributed by atoms with E-state index in [0.29, 0.717) is 117 Å². The maximum absolute atomic E-state index is 12.7. The molecule has 0 aromatic carbocycles. The Morgan fingerprint density at radius 2 is 0.746 bits per heavy atom. The van der Waals surface area contributed by atoms with Gasteiger partial charge in [-0.05, 0) is 282 Å². The van der Waals surface area contributed by atoms with Crippen molar-refractivity contribution in [1.82, 2.24) is 72.7 Å². The maximum atomic E-state index is 12.7. The van der Waals surface area contributed by atoms with E-state index >= 15 is 0 Å². The molecule has 5 amide bonds. The van der Waals surface area contributed by atoms with E-state index in [1.165, 1.54) is 64.2 Å². The van der Waals surface area contributed by atoms with Crippen molar-refractivity contribution in [3.8, 4) is 0 Å². The molecule has 5 N–H and O–H groups in total. The summed E-state index contributed by atoms with van der Waals surface area (Å²) in [6.45, 7) is 27.4. The van der Waals surface area contributed by atoms with E-state index in [1.807, 2.05) is 116 Å². The monoisotopic (exact) mass is 1670 g/mol. The van der Waals surface area contributed by atoms with Gasteiger partial charge in [-0.3, -0.25) is 73.4 Å². The van der Waals surface area contributed by atoms with E-state index in [0.717, 1.165) is 200 Å². The second-order valence-corrected chi connectivity index (χ2v) is 37.8. The van der Waals surface area contributed by atoms with E-state index in [4.69, 9.17) is 14.2 Å². The molecule has 10 aromatic heterocycles. The quantitative estimate of drug-likeness (QED) is 0.0375. The van der Waals surface area contributed by atoms with Crippen LogP contribution in [0.2, 0.25) is 0 Å². The number of hydrogen-bond donors (Lipinski definition) is 5. The molecule has 1 saturated heterocycles. The molecular weight excluding hydrogens is 1540 g/mol. The largest absolute Gasteiger partial charge is 0.378 e. The number of anilines is 5. The Morgan fingerprint density at radius 1 is 0.410 bits per heavy atom. The van der Waals surface area contributed by atoms with Gasteiger partial charge in [0.05, 0.1) is 55.9 Å². The van der Waals surface area contributed by atoms with E-state index in [-0.39, 0.29) is 52.3 Å². The smallest absolute Gasteiger partial charge is 0.229 e. The van der Waals surface area contributed by atoms with Crippen molar-refractivity contribution in [3.63, 3.8) is 0 Å². The summed E-state index contributed by atoms with van der Waals surface area (Å²) in [6, 6.07) is 21.7. The van der Waals surface area contributed by atoms with Gasteiger partial charge in [-0.25, -0.2) is 49.8 Å². The minimum atomic E-state index is -0.235. The summed E-state index contributed by atoms with van der Waals surface area (Å²) in [4.78, 5) is 109. The summed E-state index contributed by atoms with van der Waals surface area (Å²) in [5.41, 5.74) is 13.3. The number of hydrogen-bond acceptors (Lipinski definition) is 18. The molecule has 0 spiro atoms. The molecule has 7 aliphatic carbocycles. The minimum Gasteiger partial charge on any atom is -0.378 e. The first kappa shape index (κ1) is 88.6. The predicted molar refractivity (Wildman–Crippen MR) is 479 cm³/mol. The SMILES string of the molecule is CCC(C)CC(=O)Nc1nc2ccc(C)nc2n1C1CCC1.Cc1ccc2nc(NC(=O)CC3(C)CCCCC3)n(C3CCC3)c2n1.Cc1ccc2nc(NC(=O)CCOC(C)(C)C)n(C3CCC3)c2n1.Cc1ccc2nc(NC(=O)CCOC3CCCC3)n(C3CCC3)c2n1.Cc1ccc2nc(NC(=O)C[C@H]3CCCC(C)(C)O3)n(C3CCC3)c2n1. The van der Waals surface area contributed by atoms with Gasteiger partial charge < -0.3 is 14.2 Å². The second-order valence-electron chi connectivity index (χ2n) is 37.8. The average molecular weight is 1670 g/mol. The lowest BCUT2D eigenvalue weighted by atomic mass is 9.73. The highest BCUT2D eigenvalue weighted by Gasteiger charge is 2.36. The number of ether oxygens (including phenoxy) is 3. The van der Waals surface area contributed by atoms with Crippen LogP contribution in [0.5, 0.6) is 0 Å². The Bertz CT molecular complexity index is 5300. The van der Waals surface area contributed by atoms with Gasteiger partial charge in [-0.2, -0.15) is 0 Å². The van der Waals surface area contributed by atoms with Crippen molar-refractivity contribution in [2.45, 2.75) is 356 Å². The number of nitrogens with one attached hydrogen (secondary N) is 5. The molecule has 28 heteroatoms. The van der Waals surface area contributed by atoms with Crippen molar-refractivity contribution in [2.75, 3.05) is 39.8 Å². The maximum Gasteiger partial charge on any atom is 0.229 e. The van der Waals surface area contributed by atoms with Crippen LogP contribution in [0.25, 0.3) is 55.8 Å². The zero-order valence-electron chi connectivity index (χ0n) is 74.6. The number of imidazole rings is 5.